The molecule has 6 nitrogen and oxygen atoms in total. The van der Waals surface area contributed by atoms with E-state index in [0.29, 0.717) is 23.4 Å². The van der Waals surface area contributed by atoms with Gasteiger partial charge in [0.05, 0.1) is 12.0 Å². The summed E-state index contributed by atoms with van der Waals surface area (Å²) >= 11 is 0. The highest BCUT2D eigenvalue weighted by Crippen LogP contribution is 2.33. The zero-order chi connectivity index (χ0) is 18.6. The van der Waals surface area contributed by atoms with Crippen LogP contribution >= 0.6 is 0 Å². The second-order valence-corrected chi connectivity index (χ2v) is 7.00. The molecule has 0 unspecified atom stereocenters. The lowest BCUT2D eigenvalue weighted by atomic mass is 10.1. The largest absolute Gasteiger partial charge is 0.490 e. The van der Waals surface area contributed by atoms with Gasteiger partial charge in [-0.3, -0.25) is 0 Å². The van der Waals surface area contributed by atoms with Gasteiger partial charge >= 0.3 is 5.97 Å². The van der Waals surface area contributed by atoms with Crippen molar-refractivity contribution < 1.29 is 23.8 Å². The Bertz CT molecular complexity index is 729. The molecular weight excluding hydrogens is 322 g/mol. The smallest absolute Gasteiger partial charge is 0.374 e. The first-order valence-corrected chi connectivity index (χ1v) is 8.48. The van der Waals surface area contributed by atoms with E-state index in [2.05, 4.69) is 5.32 Å². The minimum absolute atomic E-state index is 0.0727. The van der Waals surface area contributed by atoms with Crippen molar-refractivity contribution in [3.8, 4) is 5.75 Å². The summed E-state index contributed by atoms with van der Waals surface area (Å²) in [6.07, 6.45) is -0.647. The second-order valence-electron chi connectivity index (χ2n) is 7.00. The Morgan fingerprint density at radius 3 is 2.72 bits per heavy atom. The van der Waals surface area contributed by atoms with E-state index in [1.54, 1.807) is 32.0 Å². The number of furan rings is 1. The first-order valence-electron chi connectivity index (χ1n) is 8.48. The number of ether oxygens (including phenoxy) is 2. The van der Waals surface area contributed by atoms with Crippen molar-refractivity contribution in [3.05, 3.63) is 29.5 Å². The van der Waals surface area contributed by atoms with Crippen LogP contribution in [0, 0.1) is 6.92 Å². The van der Waals surface area contributed by atoms with E-state index >= 15 is 0 Å². The fraction of sp³-hybridized carbons (Fsp3) is 0.526. The molecule has 2 rings (SSSR count). The molecule has 1 heterocycles. The van der Waals surface area contributed by atoms with Crippen LogP contribution < -0.4 is 10.1 Å². The Hall–Kier alpha value is -2.05. The molecule has 0 amide bonds. The van der Waals surface area contributed by atoms with Gasteiger partial charge in [-0.2, -0.15) is 0 Å². The van der Waals surface area contributed by atoms with E-state index in [9.17, 15) is 9.90 Å². The van der Waals surface area contributed by atoms with Gasteiger partial charge in [0.15, 0.2) is 0 Å². The normalized spacial score (nSPS) is 13.0. The van der Waals surface area contributed by atoms with Crippen LogP contribution in [0.4, 0.5) is 0 Å². The molecule has 0 fully saturated rings. The number of carbonyl (C=O) groups excluding carboxylic acids is 1. The zero-order valence-corrected chi connectivity index (χ0v) is 15.5. The SMILES string of the molecule is CCOC(=O)c1oc2cccc(OC[C@@H](O)CNC(C)(C)C)c2c1C. The number of aryl methyl sites for hydroxylation is 1. The van der Waals surface area contributed by atoms with E-state index < -0.39 is 12.1 Å². The number of esters is 1. The Balaban J connectivity index is 2.15. The molecule has 0 aliphatic carbocycles. The van der Waals surface area contributed by atoms with Crippen molar-refractivity contribution in [1.82, 2.24) is 5.32 Å². The molecule has 1 atom stereocenters. The molecule has 0 aliphatic rings. The van der Waals surface area contributed by atoms with E-state index in [1.165, 1.54) is 0 Å². The third-order valence-electron chi connectivity index (χ3n) is 3.68. The number of fused-ring (bicyclic) bond motifs is 1. The topological polar surface area (TPSA) is 80.9 Å². The maximum Gasteiger partial charge on any atom is 0.374 e. The molecule has 0 aliphatic heterocycles. The predicted octanol–water partition coefficient (Wildman–Crippen LogP) is 3.05. The number of hydrogen-bond acceptors (Lipinski definition) is 6. The van der Waals surface area contributed by atoms with Crippen LogP contribution in [0.5, 0.6) is 5.75 Å². The van der Waals surface area contributed by atoms with E-state index in [-0.39, 0.29) is 24.5 Å². The van der Waals surface area contributed by atoms with Crippen molar-refractivity contribution in [1.29, 1.82) is 0 Å². The third kappa shape index (κ3) is 4.96. The molecule has 2 aromatic rings. The predicted molar refractivity (Wildman–Crippen MR) is 96.2 cm³/mol. The first kappa shape index (κ1) is 19.3. The molecule has 2 N–H and O–H groups in total. The number of carbonyl (C=O) groups is 1. The lowest BCUT2D eigenvalue weighted by Crippen LogP contribution is -2.42. The van der Waals surface area contributed by atoms with Gasteiger partial charge in [0.2, 0.25) is 5.76 Å². The number of β-amino-alcohol motifs (C(OH)–C–C–N with tert-alkyl or cyclic N) is 1. The van der Waals surface area contributed by atoms with Gasteiger partial charge < -0.3 is 24.3 Å². The van der Waals surface area contributed by atoms with E-state index in [0.717, 1.165) is 5.39 Å². The number of aliphatic hydroxyl groups excluding tert-OH is 1. The zero-order valence-electron chi connectivity index (χ0n) is 15.5. The maximum atomic E-state index is 12.0. The minimum Gasteiger partial charge on any atom is -0.490 e. The quantitative estimate of drug-likeness (QED) is 0.748. The Morgan fingerprint density at radius 1 is 1.36 bits per heavy atom. The first-order chi connectivity index (χ1) is 11.7. The molecule has 0 spiro atoms. The fourth-order valence-electron chi connectivity index (χ4n) is 2.45. The van der Waals surface area contributed by atoms with Crippen molar-refractivity contribution in [2.24, 2.45) is 0 Å². The highest BCUT2D eigenvalue weighted by Gasteiger charge is 2.21. The Labute approximate surface area is 148 Å². The Morgan fingerprint density at radius 2 is 2.08 bits per heavy atom. The highest BCUT2D eigenvalue weighted by molar-refractivity contribution is 5.98. The number of benzene rings is 1. The summed E-state index contributed by atoms with van der Waals surface area (Å²) in [5, 5.41) is 14.0. The summed E-state index contributed by atoms with van der Waals surface area (Å²) < 4.78 is 16.4. The van der Waals surface area contributed by atoms with Crippen molar-refractivity contribution in [2.75, 3.05) is 19.8 Å². The maximum absolute atomic E-state index is 12.0. The van der Waals surface area contributed by atoms with Crippen LogP contribution in [0.1, 0.15) is 43.8 Å². The van der Waals surface area contributed by atoms with Crippen LogP contribution in [0.2, 0.25) is 0 Å². The molecule has 6 heteroatoms. The average Bonchev–Trinajstić information content (AvgIpc) is 2.88. The van der Waals surface area contributed by atoms with Crippen LogP contribution in [-0.2, 0) is 4.74 Å². The summed E-state index contributed by atoms with van der Waals surface area (Å²) in [4.78, 5) is 12.0. The second kappa shape index (κ2) is 7.89. The van der Waals surface area contributed by atoms with Crippen molar-refractivity contribution in [3.63, 3.8) is 0 Å². The summed E-state index contributed by atoms with van der Waals surface area (Å²) in [5.74, 6) is 0.267. The average molecular weight is 349 g/mol. The molecule has 138 valence electrons. The van der Waals surface area contributed by atoms with Gasteiger partial charge in [0.1, 0.15) is 24.0 Å². The van der Waals surface area contributed by atoms with Crippen LogP contribution in [-0.4, -0.2) is 42.5 Å². The molecule has 1 aromatic carbocycles. The lowest BCUT2D eigenvalue weighted by Gasteiger charge is -2.23. The van der Waals surface area contributed by atoms with E-state index in [4.69, 9.17) is 13.9 Å². The molecule has 1 aromatic heterocycles. The van der Waals surface area contributed by atoms with Gasteiger partial charge in [0, 0.05) is 17.6 Å². The molecule has 0 bridgehead atoms. The van der Waals surface area contributed by atoms with Gasteiger partial charge in [-0.25, -0.2) is 4.79 Å². The molecule has 25 heavy (non-hydrogen) atoms. The number of hydrogen-bond donors (Lipinski definition) is 2. The van der Waals surface area contributed by atoms with E-state index in [1.807, 2.05) is 20.8 Å². The number of nitrogens with one attached hydrogen (secondary N) is 1. The van der Waals surface area contributed by atoms with Gasteiger partial charge in [-0.1, -0.05) is 6.07 Å². The van der Waals surface area contributed by atoms with Crippen molar-refractivity contribution in [2.45, 2.75) is 46.3 Å². The van der Waals surface area contributed by atoms with Crippen LogP contribution in [0.25, 0.3) is 11.0 Å². The standard InChI is InChI=1S/C19H27NO5/c1-6-23-18(22)17-12(2)16-14(8-7-9-15(16)25-17)24-11-13(21)10-20-19(3,4)5/h7-9,13,20-21H,6,10-11H2,1-5H3/t13-/m0/s1. The highest BCUT2D eigenvalue weighted by atomic mass is 16.5. The Kier molecular flexibility index (Phi) is 6.08. The monoisotopic (exact) mass is 349 g/mol. The number of aliphatic hydroxyl groups is 1. The van der Waals surface area contributed by atoms with Crippen LogP contribution in [0.3, 0.4) is 0 Å². The molecular formula is C19H27NO5. The molecule has 0 saturated heterocycles. The minimum atomic E-state index is -0.647. The summed E-state index contributed by atoms with van der Waals surface area (Å²) in [6.45, 7) is 10.5. The summed E-state index contributed by atoms with van der Waals surface area (Å²) in [5.41, 5.74) is 1.16. The van der Waals surface area contributed by atoms with Crippen LogP contribution in [0.15, 0.2) is 22.6 Å². The third-order valence-corrected chi connectivity index (χ3v) is 3.68. The van der Waals surface area contributed by atoms with Gasteiger partial charge in [0.25, 0.3) is 0 Å². The lowest BCUT2D eigenvalue weighted by molar-refractivity contribution is 0.0491. The fourth-order valence-corrected chi connectivity index (χ4v) is 2.45. The molecule has 0 saturated carbocycles. The van der Waals surface area contributed by atoms with Gasteiger partial charge in [-0.15, -0.1) is 0 Å². The summed E-state index contributed by atoms with van der Waals surface area (Å²) in [6, 6.07) is 5.36. The summed E-state index contributed by atoms with van der Waals surface area (Å²) in [7, 11) is 0. The van der Waals surface area contributed by atoms with Gasteiger partial charge in [-0.05, 0) is 46.8 Å². The molecule has 0 radical (unpaired) electrons. The number of rotatable bonds is 7. The van der Waals surface area contributed by atoms with Crippen molar-refractivity contribution >= 4 is 16.9 Å².